The largest absolute Gasteiger partial charge is 0.376 e. The van der Waals surface area contributed by atoms with Crippen molar-refractivity contribution in [3.8, 4) is 6.07 Å². The Hall–Kier alpha value is -2.36. The summed E-state index contributed by atoms with van der Waals surface area (Å²) in [5, 5.41) is 21.5. The molecular weight excluding hydrogens is 464 g/mol. The summed E-state index contributed by atoms with van der Waals surface area (Å²) in [5.41, 5.74) is 2.25. The fourth-order valence-corrected chi connectivity index (χ4v) is 6.91. The molecule has 0 aromatic carbocycles. The van der Waals surface area contributed by atoms with Crippen molar-refractivity contribution in [3.05, 3.63) is 22.6 Å². The van der Waals surface area contributed by atoms with E-state index in [1.165, 1.54) is 11.8 Å². The first-order valence-electron chi connectivity index (χ1n) is 10.9. The molecule has 0 spiro atoms. The molecule has 0 unspecified atom stereocenters. The van der Waals surface area contributed by atoms with Gasteiger partial charge < -0.3 is 19.2 Å². The molecule has 4 rings (SSSR count). The molecule has 2 aliphatic heterocycles. The van der Waals surface area contributed by atoms with Gasteiger partial charge in [0.1, 0.15) is 17.7 Å². The molecule has 2 aliphatic rings. The zero-order valence-corrected chi connectivity index (χ0v) is 20.6. The van der Waals surface area contributed by atoms with E-state index in [0.29, 0.717) is 35.3 Å². The standard InChI is InChI=1S/C21H28N6O4S2/c1-13-14(2)27(10-16-5-4-7-31-16)20(17(13)9-22)23-18(28)11-32-21-25-24-19(26(21)3)15-6-8-33(29,30)12-15/h15-16H,4-8,10-12H2,1-3H3,(H,23,28)/t15-,16+/m0/s1. The number of carbonyl (C=O) groups is 1. The van der Waals surface area contributed by atoms with Gasteiger partial charge in [-0.2, -0.15) is 5.26 Å². The highest BCUT2D eigenvalue weighted by Gasteiger charge is 2.32. The monoisotopic (exact) mass is 492 g/mol. The maximum absolute atomic E-state index is 12.8. The van der Waals surface area contributed by atoms with Gasteiger partial charge in [0.05, 0.1) is 35.5 Å². The molecule has 10 nitrogen and oxygen atoms in total. The van der Waals surface area contributed by atoms with Gasteiger partial charge in [0, 0.05) is 25.3 Å². The summed E-state index contributed by atoms with van der Waals surface area (Å²) in [4.78, 5) is 12.8. The summed E-state index contributed by atoms with van der Waals surface area (Å²) < 4.78 is 33.1. The molecule has 2 aromatic heterocycles. The number of nitrogens with one attached hydrogen (secondary N) is 1. The molecule has 0 radical (unpaired) electrons. The van der Waals surface area contributed by atoms with Crippen LogP contribution in [0, 0.1) is 25.2 Å². The predicted octanol–water partition coefficient (Wildman–Crippen LogP) is 1.92. The molecule has 12 heteroatoms. The van der Waals surface area contributed by atoms with Crippen LogP contribution in [-0.4, -0.2) is 63.6 Å². The molecule has 1 N–H and O–H groups in total. The molecule has 1 amide bonds. The normalized spacial score (nSPS) is 21.9. The average molecular weight is 493 g/mol. The van der Waals surface area contributed by atoms with Crippen molar-refractivity contribution < 1.29 is 17.9 Å². The van der Waals surface area contributed by atoms with Crippen molar-refractivity contribution >= 4 is 33.3 Å². The lowest BCUT2D eigenvalue weighted by Gasteiger charge is -2.16. The van der Waals surface area contributed by atoms with Gasteiger partial charge in [0.25, 0.3) is 0 Å². The van der Waals surface area contributed by atoms with Gasteiger partial charge in [-0.3, -0.25) is 4.79 Å². The van der Waals surface area contributed by atoms with E-state index in [9.17, 15) is 18.5 Å². The van der Waals surface area contributed by atoms with Crippen molar-refractivity contribution in [1.82, 2.24) is 19.3 Å². The van der Waals surface area contributed by atoms with Crippen molar-refractivity contribution in [2.24, 2.45) is 7.05 Å². The van der Waals surface area contributed by atoms with Crippen LogP contribution in [0.3, 0.4) is 0 Å². The average Bonchev–Trinajstić information content (AvgIpc) is 3.53. The minimum absolute atomic E-state index is 0.0727. The summed E-state index contributed by atoms with van der Waals surface area (Å²) in [6.45, 7) is 5.16. The van der Waals surface area contributed by atoms with E-state index in [2.05, 4.69) is 21.6 Å². The third kappa shape index (κ3) is 4.95. The molecule has 0 saturated carbocycles. The number of hydrogen-bond donors (Lipinski definition) is 1. The lowest BCUT2D eigenvalue weighted by atomic mass is 10.1. The van der Waals surface area contributed by atoms with E-state index < -0.39 is 9.84 Å². The molecule has 2 atom stereocenters. The Morgan fingerprint density at radius 2 is 2.12 bits per heavy atom. The number of amides is 1. The quantitative estimate of drug-likeness (QED) is 0.580. The number of hydrogen-bond acceptors (Lipinski definition) is 8. The maximum Gasteiger partial charge on any atom is 0.235 e. The number of ether oxygens (including phenoxy) is 1. The minimum Gasteiger partial charge on any atom is -0.376 e. The van der Waals surface area contributed by atoms with E-state index >= 15 is 0 Å². The highest BCUT2D eigenvalue weighted by molar-refractivity contribution is 7.99. The van der Waals surface area contributed by atoms with Crippen molar-refractivity contribution in [3.63, 3.8) is 0 Å². The fraction of sp³-hybridized carbons (Fsp3) is 0.619. The SMILES string of the molecule is Cc1c(C#N)c(NC(=O)CSc2nnc([C@H]3CCS(=O)(=O)C3)n2C)n(C[C@H]2CCCO2)c1C. The molecular formula is C21H28N6O4S2. The summed E-state index contributed by atoms with van der Waals surface area (Å²) in [7, 11) is -1.24. The highest BCUT2D eigenvalue weighted by Crippen LogP contribution is 2.31. The number of rotatable bonds is 7. The topological polar surface area (TPSA) is 132 Å². The molecule has 2 aromatic rings. The maximum atomic E-state index is 12.8. The first-order valence-corrected chi connectivity index (χ1v) is 13.7. The Morgan fingerprint density at radius 1 is 1.33 bits per heavy atom. The first-order chi connectivity index (χ1) is 15.7. The Kier molecular flexibility index (Phi) is 6.83. The van der Waals surface area contributed by atoms with Gasteiger partial charge in [0.2, 0.25) is 5.91 Å². The predicted molar refractivity (Wildman–Crippen MR) is 124 cm³/mol. The summed E-state index contributed by atoms with van der Waals surface area (Å²) in [6, 6.07) is 2.22. The van der Waals surface area contributed by atoms with E-state index in [1.807, 2.05) is 18.4 Å². The number of carbonyl (C=O) groups excluding carboxylic acids is 1. The van der Waals surface area contributed by atoms with E-state index in [-0.39, 0.29) is 35.2 Å². The lowest BCUT2D eigenvalue weighted by molar-refractivity contribution is -0.113. The van der Waals surface area contributed by atoms with Crippen molar-refractivity contribution in [1.29, 1.82) is 5.26 Å². The lowest BCUT2D eigenvalue weighted by Crippen LogP contribution is -2.22. The van der Waals surface area contributed by atoms with Gasteiger partial charge in [-0.05, 0) is 38.7 Å². The van der Waals surface area contributed by atoms with Crippen molar-refractivity contribution in [2.45, 2.75) is 56.8 Å². The third-order valence-electron chi connectivity index (χ3n) is 6.41. The van der Waals surface area contributed by atoms with E-state index in [0.717, 1.165) is 30.7 Å². The molecule has 2 saturated heterocycles. The van der Waals surface area contributed by atoms with Crippen LogP contribution < -0.4 is 5.32 Å². The van der Waals surface area contributed by atoms with Crippen LogP contribution in [-0.2, 0) is 33.0 Å². The van der Waals surface area contributed by atoms with E-state index in [4.69, 9.17) is 4.74 Å². The number of nitrogens with zero attached hydrogens (tertiary/aromatic N) is 5. The van der Waals surface area contributed by atoms with Crippen LogP contribution in [0.4, 0.5) is 5.82 Å². The number of aromatic nitrogens is 4. The molecule has 4 heterocycles. The van der Waals surface area contributed by atoms with Crippen LogP contribution >= 0.6 is 11.8 Å². The zero-order valence-electron chi connectivity index (χ0n) is 19.0. The van der Waals surface area contributed by atoms with E-state index in [1.54, 1.807) is 11.6 Å². The summed E-state index contributed by atoms with van der Waals surface area (Å²) in [6.07, 6.45) is 2.58. The van der Waals surface area contributed by atoms with Gasteiger partial charge in [-0.25, -0.2) is 8.42 Å². The van der Waals surface area contributed by atoms with Gasteiger partial charge in [-0.1, -0.05) is 11.8 Å². The Morgan fingerprint density at radius 3 is 2.76 bits per heavy atom. The Balaban J connectivity index is 1.44. The minimum atomic E-state index is -3.02. The zero-order chi connectivity index (χ0) is 23.8. The Labute approximate surface area is 197 Å². The van der Waals surface area contributed by atoms with Gasteiger partial charge in [-0.15, -0.1) is 10.2 Å². The molecule has 33 heavy (non-hydrogen) atoms. The second-order valence-electron chi connectivity index (χ2n) is 8.63. The van der Waals surface area contributed by atoms with Crippen molar-refractivity contribution in [2.75, 3.05) is 29.2 Å². The van der Waals surface area contributed by atoms with Crippen LogP contribution in [0.15, 0.2) is 5.16 Å². The number of sulfone groups is 1. The summed E-state index contributed by atoms with van der Waals surface area (Å²) >= 11 is 1.23. The van der Waals surface area contributed by atoms with Crippen LogP contribution in [0.2, 0.25) is 0 Å². The molecule has 0 aliphatic carbocycles. The molecule has 2 fully saturated rings. The van der Waals surface area contributed by atoms with Gasteiger partial charge >= 0.3 is 0 Å². The Bertz CT molecular complexity index is 1200. The smallest absolute Gasteiger partial charge is 0.235 e. The van der Waals surface area contributed by atoms with Gasteiger partial charge in [0.15, 0.2) is 15.0 Å². The van der Waals surface area contributed by atoms with Crippen LogP contribution in [0.5, 0.6) is 0 Å². The third-order valence-corrected chi connectivity index (χ3v) is 9.20. The number of anilines is 1. The van der Waals surface area contributed by atoms with Crippen LogP contribution in [0.25, 0.3) is 0 Å². The second kappa shape index (κ2) is 9.48. The molecule has 0 bridgehead atoms. The highest BCUT2D eigenvalue weighted by atomic mass is 32.2. The first kappa shape index (κ1) is 23.8. The molecule has 178 valence electrons. The number of thioether (sulfide) groups is 1. The van der Waals surface area contributed by atoms with Crippen LogP contribution in [0.1, 0.15) is 47.8 Å². The number of nitriles is 1. The summed E-state index contributed by atoms with van der Waals surface area (Å²) in [5.74, 6) is 1.05. The fourth-order valence-electron chi connectivity index (χ4n) is 4.45. The second-order valence-corrected chi connectivity index (χ2v) is 11.8.